The third-order valence-electron chi connectivity index (χ3n) is 4.08. The highest BCUT2D eigenvalue weighted by Gasteiger charge is 2.27. The van der Waals surface area contributed by atoms with E-state index in [1.807, 2.05) is 10.6 Å². The number of hydrogen-bond donors (Lipinski definition) is 2. The zero-order valence-electron chi connectivity index (χ0n) is 11.7. The molecule has 1 saturated carbocycles. The summed E-state index contributed by atoms with van der Waals surface area (Å²) in [5, 5.41) is 6.25. The van der Waals surface area contributed by atoms with Crippen molar-refractivity contribution >= 4 is 11.6 Å². The smallest absolute Gasteiger partial charge is 0.291 e. The second kappa shape index (κ2) is 4.96. The lowest BCUT2D eigenvalue weighted by molar-refractivity contribution is 0.101. The number of anilines is 1. The summed E-state index contributed by atoms with van der Waals surface area (Å²) in [6, 6.07) is 2.00. The lowest BCUT2D eigenvalue weighted by Gasteiger charge is -2.17. The average molecular weight is 283 g/mol. The number of amides is 1. The summed E-state index contributed by atoms with van der Waals surface area (Å²) in [6.07, 6.45) is 7.67. The number of nitrogens with one attached hydrogen (secondary N) is 2. The first kappa shape index (κ1) is 12.5. The summed E-state index contributed by atoms with van der Waals surface area (Å²) >= 11 is 0. The summed E-state index contributed by atoms with van der Waals surface area (Å²) in [4.78, 5) is 20.9. The fraction of sp³-hybridized carbons (Fsp3) is 0.400. The van der Waals surface area contributed by atoms with Gasteiger partial charge in [-0.15, -0.1) is 0 Å². The van der Waals surface area contributed by atoms with Crippen LogP contribution in [0.2, 0.25) is 0 Å². The highest BCUT2D eigenvalue weighted by molar-refractivity contribution is 6.02. The molecule has 1 aliphatic carbocycles. The van der Waals surface area contributed by atoms with Gasteiger partial charge in [-0.1, -0.05) is 0 Å². The van der Waals surface area contributed by atoms with Crippen LogP contribution in [0, 0.1) is 0 Å². The van der Waals surface area contributed by atoms with Crippen molar-refractivity contribution < 1.29 is 4.79 Å². The summed E-state index contributed by atoms with van der Waals surface area (Å²) in [7, 11) is 0. The Labute approximate surface area is 122 Å². The molecule has 2 N–H and O–H groups in total. The summed E-state index contributed by atoms with van der Waals surface area (Å²) in [5.74, 6) is 0.900. The molecule has 2 aromatic rings. The van der Waals surface area contributed by atoms with Crippen molar-refractivity contribution in [2.24, 2.45) is 0 Å². The van der Waals surface area contributed by atoms with Crippen molar-refractivity contribution in [1.29, 1.82) is 0 Å². The van der Waals surface area contributed by atoms with Crippen LogP contribution < -0.4 is 10.6 Å². The topological polar surface area (TPSA) is 71.8 Å². The first-order chi connectivity index (χ1) is 10.3. The number of pyridine rings is 1. The predicted molar refractivity (Wildman–Crippen MR) is 78.1 cm³/mol. The lowest BCUT2D eigenvalue weighted by atomic mass is 10.1. The molecule has 0 bridgehead atoms. The SMILES string of the molecule is O=C(Nc1cnccc1C1CC1)c1ncc2n1CCNC2. The van der Waals surface area contributed by atoms with Crippen molar-refractivity contribution in [2.75, 3.05) is 11.9 Å². The van der Waals surface area contributed by atoms with E-state index in [4.69, 9.17) is 0 Å². The largest absolute Gasteiger partial charge is 0.321 e. The summed E-state index contributed by atoms with van der Waals surface area (Å²) < 4.78 is 1.99. The van der Waals surface area contributed by atoms with Gasteiger partial charge in [-0.25, -0.2) is 4.98 Å². The molecule has 6 heteroatoms. The lowest BCUT2D eigenvalue weighted by Crippen LogP contribution is -2.30. The van der Waals surface area contributed by atoms with Gasteiger partial charge in [0.2, 0.25) is 0 Å². The molecule has 2 aliphatic rings. The molecule has 1 aliphatic heterocycles. The molecule has 4 rings (SSSR count). The molecular formula is C15H17N5O. The van der Waals surface area contributed by atoms with E-state index in [2.05, 4.69) is 20.6 Å². The van der Waals surface area contributed by atoms with Gasteiger partial charge in [0.05, 0.1) is 23.8 Å². The van der Waals surface area contributed by atoms with E-state index in [1.54, 1.807) is 18.6 Å². The molecule has 2 aromatic heterocycles. The molecule has 108 valence electrons. The zero-order chi connectivity index (χ0) is 14.2. The Balaban J connectivity index is 1.60. The molecule has 0 aromatic carbocycles. The maximum atomic E-state index is 12.5. The van der Waals surface area contributed by atoms with Gasteiger partial charge in [-0.2, -0.15) is 0 Å². The highest BCUT2D eigenvalue weighted by atomic mass is 16.2. The first-order valence-corrected chi connectivity index (χ1v) is 7.33. The van der Waals surface area contributed by atoms with Gasteiger partial charge in [0.15, 0.2) is 5.82 Å². The van der Waals surface area contributed by atoms with Gasteiger partial charge < -0.3 is 15.2 Å². The van der Waals surface area contributed by atoms with Gasteiger partial charge in [0.25, 0.3) is 5.91 Å². The minimum atomic E-state index is -0.155. The molecule has 1 amide bonds. The van der Waals surface area contributed by atoms with Crippen LogP contribution in [0.15, 0.2) is 24.7 Å². The number of aromatic nitrogens is 3. The van der Waals surface area contributed by atoms with Crippen LogP contribution in [0.4, 0.5) is 5.69 Å². The van der Waals surface area contributed by atoms with Gasteiger partial charge in [-0.05, 0) is 30.4 Å². The molecule has 0 unspecified atom stereocenters. The Morgan fingerprint density at radius 2 is 2.29 bits per heavy atom. The van der Waals surface area contributed by atoms with E-state index >= 15 is 0 Å². The fourth-order valence-electron chi connectivity index (χ4n) is 2.83. The van der Waals surface area contributed by atoms with Crippen LogP contribution in [-0.4, -0.2) is 27.0 Å². The van der Waals surface area contributed by atoms with Crippen LogP contribution in [0.1, 0.15) is 40.6 Å². The van der Waals surface area contributed by atoms with Crippen molar-refractivity contribution in [3.8, 4) is 0 Å². The molecule has 0 atom stereocenters. The average Bonchev–Trinajstić information content (AvgIpc) is 3.26. The Hall–Kier alpha value is -2.21. The predicted octanol–water partition coefficient (Wildman–Crippen LogP) is 1.51. The van der Waals surface area contributed by atoms with Gasteiger partial charge in [0.1, 0.15) is 0 Å². The molecule has 0 radical (unpaired) electrons. The number of fused-ring (bicyclic) bond motifs is 1. The molecular weight excluding hydrogens is 266 g/mol. The second-order valence-corrected chi connectivity index (χ2v) is 5.59. The maximum Gasteiger partial charge on any atom is 0.291 e. The number of carbonyl (C=O) groups is 1. The standard InChI is InChI=1S/C15H17N5O/c21-15(14-18-8-11-7-17-5-6-20(11)14)19-13-9-16-4-3-12(13)10-1-2-10/h3-4,8-10,17H,1-2,5-7H2,(H,19,21). The van der Waals surface area contributed by atoms with Crippen molar-refractivity contribution in [2.45, 2.75) is 31.8 Å². The molecule has 0 saturated heterocycles. The molecule has 0 spiro atoms. The summed E-state index contributed by atoms with van der Waals surface area (Å²) in [6.45, 7) is 2.41. The van der Waals surface area contributed by atoms with E-state index in [1.165, 1.54) is 18.4 Å². The quantitative estimate of drug-likeness (QED) is 0.895. The van der Waals surface area contributed by atoms with Crippen molar-refractivity contribution in [3.63, 3.8) is 0 Å². The number of imidazole rings is 1. The van der Waals surface area contributed by atoms with E-state index in [0.717, 1.165) is 31.0 Å². The van der Waals surface area contributed by atoms with E-state index in [0.29, 0.717) is 11.7 Å². The minimum Gasteiger partial charge on any atom is -0.321 e. The van der Waals surface area contributed by atoms with E-state index < -0.39 is 0 Å². The first-order valence-electron chi connectivity index (χ1n) is 7.33. The monoisotopic (exact) mass is 283 g/mol. The Kier molecular flexibility index (Phi) is 2.96. The van der Waals surface area contributed by atoms with Crippen LogP contribution in [0.25, 0.3) is 0 Å². The third kappa shape index (κ3) is 2.31. The summed E-state index contributed by atoms with van der Waals surface area (Å²) in [5.41, 5.74) is 3.06. The molecule has 1 fully saturated rings. The fourth-order valence-corrected chi connectivity index (χ4v) is 2.83. The molecule has 3 heterocycles. The Morgan fingerprint density at radius 3 is 3.14 bits per heavy atom. The van der Waals surface area contributed by atoms with Gasteiger partial charge >= 0.3 is 0 Å². The third-order valence-corrected chi connectivity index (χ3v) is 4.08. The maximum absolute atomic E-state index is 12.5. The zero-order valence-corrected chi connectivity index (χ0v) is 11.7. The Bertz CT molecular complexity index is 689. The normalized spacial score (nSPS) is 17.3. The van der Waals surface area contributed by atoms with E-state index in [9.17, 15) is 4.79 Å². The number of rotatable bonds is 3. The number of carbonyl (C=O) groups excluding carboxylic acids is 1. The molecule has 21 heavy (non-hydrogen) atoms. The van der Waals surface area contributed by atoms with Crippen molar-refractivity contribution in [1.82, 2.24) is 19.9 Å². The molecule has 6 nitrogen and oxygen atoms in total. The van der Waals surface area contributed by atoms with Gasteiger partial charge in [-0.3, -0.25) is 9.78 Å². The van der Waals surface area contributed by atoms with Crippen LogP contribution in [-0.2, 0) is 13.1 Å². The highest BCUT2D eigenvalue weighted by Crippen LogP contribution is 2.43. The number of hydrogen-bond acceptors (Lipinski definition) is 4. The van der Waals surface area contributed by atoms with Crippen LogP contribution in [0.5, 0.6) is 0 Å². The van der Waals surface area contributed by atoms with E-state index in [-0.39, 0.29) is 5.91 Å². The van der Waals surface area contributed by atoms with Gasteiger partial charge in [0, 0.05) is 25.8 Å². The van der Waals surface area contributed by atoms with Crippen LogP contribution >= 0.6 is 0 Å². The minimum absolute atomic E-state index is 0.155. The number of nitrogens with zero attached hydrogens (tertiary/aromatic N) is 3. The Morgan fingerprint density at radius 1 is 1.38 bits per heavy atom. The van der Waals surface area contributed by atoms with Crippen LogP contribution in [0.3, 0.4) is 0 Å². The second-order valence-electron chi connectivity index (χ2n) is 5.59. The van der Waals surface area contributed by atoms with Crippen molar-refractivity contribution in [3.05, 3.63) is 41.7 Å².